The summed E-state index contributed by atoms with van der Waals surface area (Å²) in [6.45, 7) is 6.44. The van der Waals surface area contributed by atoms with Crippen LogP contribution >= 0.6 is 27.3 Å². The fourth-order valence-electron chi connectivity index (χ4n) is 2.24. The molecule has 0 aromatic carbocycles. The first-order valence-corrected chi connectivity index (χ1v) is 8.73. The number of rotatable bonds is 2. The summed E-state index contributed by atoms with van der Waals surface area (Å²) in [4.78, 5) is 28.8. The zero-order chi connectivity index (χ0) is 15.4. The Morgan fingerprint density at radius 2 is 1.90 bits per heavy atom. The second-order valence-corrected chi connectivity index (χ2v) is 7.19. The minimum atomic E-state index is -0.0434. The average Bonchev–Trinajstić information content (AvgIpc) is 2.71. The Labute approximate surface area is 137 Å². The van der Waals surface area contributed by atoms with Crippen LogP contribution in [-0.2, 0) is 0 Å². The van der Waals surface area contributed by atoms with Crippen LogP contribution in [-0.4, -0.2) is 54.0 Å². The summed E-state index contributed by atoms with van der Waals surface area (Å²) in [5.41, 5.74) is 0. The Balaban J connectivity index is 1.94. The first kappa shape index (κ1) is 16.3. The van der Waals surface area contributed by atoms with E-state index in [1.807, 2.05) is 30.2 Å². The summed E-state index contributed by atoms with van der Waals surface area (Å²) in [5.74, 6) is 0.0526. The first-order valence-electron chi connectivity index (χ1n) is 7.06. The van der Waals surface area contributed by atoms with Gasteiger partial charge in [-0.1, -0.05) is 0 Å². The number of nitrogens with one attached hydrogen (secondary N) is 1. The molecule has 2 heterocycles. The molecule has 1 aliphatic heterocycles. The quantitative estimate of drug-likeness (QED) is 0.866. The Morgan fingerprint density at radius 1 is 1.24 bits per heavy atom. The smallest absolute Gasteiger partial charge is 0.317 e. The van der Waals surface area contributed by atoms with Crippen LogP contribution in [0, 0.1) is 0 Å². The Morgan fingerprint density at radius 3 is 2.52 bits per heavy atom. The summed E-state index contributed by atoms with van der Waals surface area (Å²) >= 11 is 4.81. The molecule has 1 aromatic heterocycles. The molecule has 7 heteroatoms. The van der Waals surface area contributed by atoms with Crippen LogP contribution in [0.2, 0.25) is 0 Å². The van der Waals surface area contributed by atoms with Gasteiger partial charge in [0.05, 0.1) is 4.88 Å². The van der Waals surface area contributed by atoms with Crippen molar-refractivity contribution in [2.45, 2.75) is 26.3 Å². The molecule has 21 heavy (non-hydrogen) atoms. The second kappa shape index (κ2) is 7.26. The summed E-state index contributed by atoms with van der Waals surface area (Å²) in [6.07, 6.45) is 0.809. The molecule has 0 radical (unpaired) electrons. The number of carbonyl (C=O) groups excluding carboxylic acids is 2. The van der Waals surface area contributed by atoms with E-state index in [4.69, 9.17) is 0 Å². The van der Waals surface area contributed by atoms with Gasteiger partial charge in [-0.2, -0.15) is 0 Å². The molecule has 5 nitrogen and oxygen atoms in total. The molecule has 0 atom stereocenters. The number of urea groups is 1. The van der Waals surface area contributed by atoms with Crippen molar-refractivity contribution in [3.05, 3.63) is 20.8 Å². The molecule has 0 bridgehead atoms. The highest BCUT2D eigenvalue weighted by Crippen LogP contribution is 2.21. The van der Waals surface area contributed by atoms with Crippen LogP contribution in [0.3, 0.4) is 0 Å². The molecular weight excluding hydrogens is 354 g/mol. The van der Waals surface area contributed by atoms with E-state index in [2.05, 4.69) is 21.2 Å². The van der Waals surface area contributed by atoms with E-state index in [1.54, 1.807) is 4.90 Å². The largest absolute Gasteiger partial charge is 0.336 e. The highest BCUT2D eigenvalue weighted by molar-refractivity contribution is 9.10. The van der Waals surface area contributed by atoms with Crippen molar-refractivity contribution in [1.29, 1.82) is 0 Å². The first-order chi connectivity index (χ1) is 9.97. The van der Waals surface area contributed by atoms with Gasteiger partial charge in [-0.25, -0.2) is 4.79 Å². The lowest BCUT2D eigenvalue weighted by molar-refractivity contribution is 0.0767. The zero-order valence-electron chi connectivity index (χ0n) is 12.3. The van der Waals surface area contributed by atoms with Crippen molar-refractivity contribution >= 4 is 39.2 Å². The van der Waals surface area contributed by atoms with E-state index in [1.165, 1.54) is 11.3 Å². The maximum atomic E-state index is 12.4. The molecular formula is C14H20BrN3O2S. The van der Waals surface area contributed by atoms with E-state index in [9.17, 15) is 9.59 Å². The molecule has 1 saturated heterocycles. The summed E-state index contributed by atoms with van der Waals surface area (Å²) in [5, 5.41) is 4.81. The average molecular weight is 374 g/mol. The van der Waals surface area contributed by atoms with Crippen LogP contribution in [0.4, 0.5) is 4.79 Å². The van der Waals surface area contributed by atoms with Gasteiger partial charge in [-0.3, -0.25) is 4.79 Å². The number of hydrogen-bond acceptors (Lipinski definition) is 3. The Kier molecular flexibility index (Phi) is 5.64. The topological polar surface area (TPSA) is 52.7 Å². The van der Waals surface area contributed by atoms with Gasteiger partial charge in [-0.15, -0.1) is 11.3 Å². The van der Waals surface area contributed by atoms with E-state index < -0.39 is 0 Å². The maximum absolute atomic E-state index is 12.4. The molecule has 0 saturated carbocycles. The normalized spacial score (nSPS) is 16.0. The standard InChI is InChI=1S/C14H20BrN3O2S/c1-10(2)16-14(20)18-5-3-4-17(6-7-18)13(19)12-8-11(15)9-21-12/h8-10H,3-7H2,1-2H3,(H,16,20). The van der Waals surface area contributed by atoms with Crippen molar-refractivity contribution in [1.82, 2.24) is 15.1 Å². The van der Waals surface area contributed by atoms with Gasteiger partial charge in [0.15, 0.2) is 0 Å². The molecule has 2 rings (SSSR count). The van der Waals surface area contributed by atoms with Crippen LogP contribution in [0.25, 0.3) is 0 Å². The Bertz CT molecular complexity index is 518. The molecule has 3 amide bonds. The summed E-state index contributed by atoms with van der Waals surface area (Å²) in [7, 11) is 0. The highest BCUT2D eigenvalue weighted by Gasteiger charge is 2.23. The summed E-state index contributed by atoms with van der Waals surface area (Å²) < 4.78 is 0.934. The lowest BCUT2D eigenvalue weighted by Crippen LogP contribution is -2.44. The van der Waals surface area contributed by atoms with Crippen molar-refractivity contribution < 1.29 is 9.59 Å². The van der Waals surface area contributed by atoms with Gasteiger partial charge in [0.25, 0.3) is 5.91 Å². The molecule has 0 spiro atoms. The van der Waals surface area contributed by atoms with Crippen LogP contribution < -0.4 is 5.32 Å². The van der Waals surface area contributed by atoms with Gasteiger partial charge in [0.1, 0.15) is 0 Å². The van der Waals surface area contributed by atoms with Crippen molar-refractivity contribution in [3.63, 3.8) is 0 Å². The SMILES string of the molecule is CC(C)NC(=O)N1CCCN(C(=O)c2cc(Br)cs2)CC1. The number of hydrogen-bond donors (Lipinski definition) is 1. The van der Waals surface area contributed by atoms with Crippen LogP contribution in [0.15, 0.2) is 15.9 Å². The minimum absolute atomic E-state index is 0.0434. The fraction of sp³-hybridized carbons (Fsp3) is 0.571. The molecule has 0 aliphatic carbocycles. The van der Waals surface area contributed by atoms with Gasteiger partial charge in [0.2, 0.25) is 0 Å². The van der Waals surface area contributed by atoms with Gasteiger partial charge in [-0.05, 0) is 42.3 Å². The monoisotopic (exact) mass is 373 g/mol. The van der Waals surface area contributed by atoms with Crippen molar-refractivity contribution in [2.24, 2.45) is 0 Å². The predicted octanol–water partition coefficient (Wildman–Crippen LogP) is 2.78. The van der Waals surface area contributed by atoms with E-state index in [0.717, 1.165) is 15.8 Å². The molecule has 1 aromatic rings. The molecule has 116 valence electrons. The van der Waals surface area contributed by atoms with Crippen molar-refractivity contribution in [3.8, 4) is 0 Å². The van der Waals surface area contributed by atoms with E-state index in [0.29, 0.717) is 26.2 Å². The number of thiophene rings is 1. The van der Waals surface area contributed by atoms with E-state index in [-0.39, 0.29) is 18.0 Å². The van der Waals surface area contributed by atoms with Gasteiger partial charge >= 0.3 is 6.03 Å². The molecule has 0 unspecified atom stereocenters. The minimum Gasteiger partial charge on any atom is -0.336 e. The molecule has 1 aliphatic rings. The third-order valence-electron chi connectivity index (χ3n) is 3.26. The van der Waals surface area contributed by atoms with Crippen LogP contribution in [0.1, 0.15) is 29.9 Å². The lowest BCUT2D eigenvalue weighted by atomic mass is 10.3. The third-order valence-corrected chi connectivity index (χ3v) is 4.94. The number of halogens is 1. The maximum Gasteiger partial charge on any atom is 0.317 e. The van der Waals surface area contributed by atoms with Gasteiger partial charge < -0.3 is 15.1 Å². The third kappa shape index (κ3) is 4.44. The van der Waals surface area contributed by atoms with Crippen LogP contribution in [0.5, 0.6) is 0 Å². The molecule has 1 N–H and O–H groups in total. The van der Waals surface area contributed by atoms with Crippen molar-refractivity contribution in [2.75, 3.05) is 26.2 Å². The predicted molar refractivity (Wildman–Crippen MR) is 87.8 cm³/mol. The zero-order valence-corrected chi connectivity index (χ0v) is 14.7. The summed E-state index contributed by atoms with van der Waals surface area (Å²) in [6, 6.07) is 1.93. The Hall–Kier alpha value is -1.08. The van der Waals surface area contributed by atoms with E-state index >= 15 is 0 Å². The lowest BCUT2D eigenvalue weighted by Gasteiger charge is -2.23. The van der Waals surface area contributed by atoms with Gasteiger partial charge in [0, 0.05) is 42.1 Å². The molecule has 1 fully saturated rings. The highest BCUT2D eigenvalue weighted by atomic mass is 79.9. The number of amides is 3. The fourth-order valence-corrected chi connectivity index (χ4v) is 3.64. The number of nitrogens with zero attached hydrogens (tertiary/aromatic N) is 2. The number of carbonyl (C=O) groups is 2. The second-order valence-electron chi connectivity index (χ2n) is 5.37.